The van der Waals surface area contributed by atoms with Gasteiger partial charge in [0.15, 0.2) is 0 Å². The van der Waals surface area contributed by atoms with Crippen LogP contribution in [0.2, 0.25) is 5.02 Å². The average molecular weight is 227 g/mol. The molecule has 0 saturated carbocycles. The van der Waals surface area contributed by atoms with Gasteiger partial charge in [-0.3, -0.25) is 0 Å². The van der Waals surface area contributed by atoms with Crippen molar-refractivity contribution in [2.75, 3.05) is 0 Å². The van der Waals surface area contributed by atoms with Crippen molar-refractivity contribution >= 4 is 11.6 Å². The van der Waals surface area contributed by atoms with E-state index in [2.05, 4.69) is 15.5 Å². The Labute approximate surface area is 90.7 Å². The van der Waals surface area contributed by atoms with Crippen LogP contribution < -0.4 is 0 Å². The Kier molecular flexibility index (Phi) is 2.64. The molecule has 1 aromatic carbocycles. The van der Waals surface area contributed by atoms with Gasteiger partial charge in [-0.2, -0.15) is 0 Å². The van der Waals surface area contributed by atoms with Crippen LogP contribution in [0, 0.1) is 12.7 Å². The average Bonchev–Trinajstić information content (AvgIpc) is 2.59. The summed E-state index contributed by atoms with van der Waals surface area (Å²) in [5.74, 6) is 0.255. The summed E-state index contributed by atoms with van der Waals surface area (Å²) in [6.45, 7) is 2.22. The molecule has 0 N–H and O–H groups in total. The first kappa shape index (κ1) is 10.0. The van der Waals surface area contributed by atoms with E-state index in [0.29, 0.717) is 12.4 Å². The van der Waals surface area contributed by atoms with Gasteiger partial charge in [0.05, 0.1) is 11.6 Å². The number of hydrogen-bond acceptors (Lipinski definition) is 3. The highest BCUT2D eigenvalue weighted by atomic mass is 35.5. The maximum absolute atomic E-state index is 13.1. The van der Waals surface area contributed by atoms with Crippen LogP contribution in [0.3, 0.4) is 0 Å². The molecule has 6 heteroatoms. The molecule has 0 unspecified atom stereocenters. The lowest BCUT2D eigenvalue weighted by atomic mass is 10.2. The molecule has 15 heavy (non-hydrogen) atoms. The van der Waals surface area contributed by atoms with Crippen LogP contribution in [0.4, 0.5) is 4.39 Å². The van der Waals surface area contributed by atoms with Crippen LogP contribution in [0.5, 0.6) is 0 Å². The molecule has 0 aliphatic rings. The lowest BCUT2D eigenvalue weighted by Gasteiger charge is -2.02. The number of nitrogens with zero attached hydrogens (tertiary/aromatic N) is 4. The quantitative estimate of drug-likeness (QED) is 0.785. The van der Waals surface area contributed by atoms with Crippen molar-refractivity contribution < 1.29 is 4.39 Å². The molecule has 78 valence electrons. The minimum atomic E-state index is -0.431. The topological polar surface area (TPSA) is 43.6 Å². The number of hydrogen-bond donors (Lipinski definition) is 0. The largest absolute Gasteiger partial charge is 0.225 e. The predicted molar refractivity (Wildman–Crippen MR) is 53.1 cm³/mol. The Bertz CT molecular complexity index is 483. The van der Waals surface area contributed by atoms with Crippen LogP contribution >= 0.6 is 11.6 Å². The first-order chi connectivity index (χ1) is 7.16. The second-order valence-corrected chi connectivity index (χ2v) is 3.54. The molecule has 0 aliphatic carbocycles. The third kappa shape index (κ3) is 2.12. The number of aromatic nitrogens is 4. The monoisotopic (exact) mass is 226 g/mol. The highest BCUT2D eigenvalue weighted by Crippen LogP contribution is 2.16. The molecule has 0 spiro atoms. The van der Waals surface area contributed by atoms with Crippen molar-refractivity contribution in [1.29, 1.82) is 0 Å². The second kappa shape index (κ2) is 3.94. The summed E-state index contributed by atoms with van der Waals surface area (Å²) < 4.78 is 14.7. The Morgan fingerprint density at radius 2 is 2.27 bits per heavy atom. The zero-order chi connectivity index (χ0) is 10.8. The van der Waals surface area contributed by atoms with Gasteiger partial charge >= 0.3 is 0 Å². The molecular formula is C9H8ClFN4. The first-order valence-corrected chi connectivity index (χ1v) is 4.71. The van der Waals surface area contributed by atoms with Crippen molar-refractivity contribution in [2.45, 2.75) is 13.5 Å². The smallest absolute Gasteiger partial charge is 0.148 e. The van der Waals surface area contributed by atoms with Crippen LogP contribution in [0.25, 0.3) is 0 Å². The standard InChI is InChI=1S/C9H8ClFN4/c1-6-12-13-14-15(6)5-7-2-3-8(10)9(11)4-7/h2-4H,5H2,1H3. The van der Waals surface area contributed by atoms with Gasteiger partial charge in [-0.25, -0.2) is 9.07 Å². The molecule has 0 atom stereocenters. The summed E-state index contributed by atoms with van der Waals surface area (Å²) >= 11 is 5.57. The van der Waals surface area contributed by atoms with Gasteiger partial charge in [-0.15, -0.1) is 5.10 Å². The van der Waals surface area contributed by atoms with Gasteiger partial charge in [0.2, 0.25) is 0 Å². The summed E-state index contributed by atoms with van der Waals surface area (Å²) in [5.41, 5.74) is 0.771. The van der Waals surface area contributed by atoms with Crippen molar-refractivity contribution in [2.24, 2.45) is 0 Å². The fourth-order valence-corrected chi connectivity index (χ4v) is 1.32. The van der Waals surface area contributed by atoms with Crippen LogP contribution in [0.1, 0.15) is 11.4 Å². The van der Waals surface area contributed by atoms with Gasteiger partial charge in [0.25, 0.3) is 0 Å². The van der Waals surface area contributed by atoms with Gasteiger partial charge in [-0.05, 0) is 35.0 Å². The van der Waals surface area contributed by atoms with E-state index in [1.807, 2.05) is 0 Å². The molecule has 2 aromatic rings. The molecule has 4 nitrogen and oxygen atoms in total. The minimum Gasteiger partial charge on any atom is -0.225 e. The predicted octanol–water partition coefficient (Wildman–Crippen LogP) is 1.82. The highest BCUT2D eigenvalue weighted by molar-refractivity contribution is 6.30. The Morgan fingerprint density at radius 3 is 2.87 bits per heavy atom. The number of aryl methyl sites for hydroxylation is 1. The highest BCUT2D eigenvalue weighted by Gasteiger charge is 2.04. The van der Waals surface area contributed by atoms with Crippen molar-refractivity contribution in [3.8, 4) is 0 Å². The van der Waals surface area contributed by atoms with E-state index in [1.54, 1.807) is 17.7 Å². The lowest BCUT2D eigenvalue weighted by Crippen LogP contribution is -2.04. The van der Waals surface area contributed by atoms with Gasteiger partial charge in [0.1, 0.15) is 11.6 Å². The molecule has 2 rings (SSSR count). The summed E-state index contributed by atoms with van der Waals surface area (Å²) in [5, 5.41) is 11.1. The van der Waals surface area contributed by atoms with Crippen LogP contribution in [-0.2, 0) is 6.54 Å². The first-order valence-electron chi connectivity index (χ1n) is 4.33. The third-order valence-corrected chi connectivity index (χ3v) is 2.33. The maximum Gasteiger partial charge on any atom is 0.148 e. The molecule has 0 bridgehead atoms. The maximum atomic E-state index is 13.1. The molecule has 0 saturated heterocycles. The van der Waals surface area contributed by atoms with E-state index in [-0.39, 0.29) is 5.02 Å². The van der Waals surface area contributed by atoms with Gasteiger partial charge in [0, 0.05) is 0 Å². The molecule has 1 heterocycles. The molecule has 0 amide bonds. The third-order valence-electron chi connectivity index (χ3n) is 2.03. The van der Waals surface area contributed by atoms with Crippen molar-refractivity contribution in [3.63, 3.8) is 0 Å². The van der Waals surface area contributed by atoms with Crippen molar-refractivity contribution in [3.05, 3.63) is 40.4 Å². The fraction of sp³-hybridized carbons (Fsp3) is 0.222. The second-order valence-electron chi connectivity index (χ2n) is 3.13. The van der Waals surface area contributed by atoms with E-state index >= 15 is 0 Å². The molecule has 1 aromatic heterocycles. The fourth-order valence-electron chi connectivity index (χ4n) is 1.21. The Morgan fingerprint density at radius 1 is 1.47 bits per heavy atom. The van der Waals surface area contributed by atoms with Crippen molar-refractivity contribution in [1.82, 2.24) is 20.2 Å². The number of tetrazole rings is 1. The summed E-state index contributed by atoms with van der Waals surface area (Å²) in [4.78, 5) is 0. The van der Waals surface area contributed by atoms with Gasteiger partial charge < -0.3 is 0 Å². The normalized spacial score (nSPS) is 10.6. The van der Waals surface area contributed by atoms with E-state index in [4.69, 9.17) is 11.6 Å². The summed E-state index contributed by atoms with van der Waals surface area (Å²) in [7, 11) is 0. The Balaban J connectivity index is 2.25. The summed E-state index contributed by atoms with van der Waals surface area (Å²) in [6, 6.07) is 4.64. The van der Waals surface area contributed by atoms with Crippen LogP contribution in [0.15, 0.2) is 18.2 Å². The zero-order valence-corrected chi connectivity index (χ0v) is 8.74. The number of rotatable bonds is 2. The van der Waals surface area contributed by atoms with E-state index < -0.39 is 5.82 Å². The molecule has 0 fully saturated rings. The number of halogens is 2. The van der Waals surface area contributed by atoms with E-state index in [0.717, 1.165) is 5.56 Å². The SMILES string of the molecule is Cc1nnnn1Cc1ccc(Cl)c(F)c1. The van der Waals surface area contributed by atoms with E-state index in [1.165, 1.54) is 12.1 Å². The zero-order valence-electron chi connectivity index (χ0n) is 7.98. The Hall–Kier alpha value is -1.49. The van der Waals surface area contributed by atoms with Gasteiger partial charge in [-0.1, -0.05) is 17.7 Å². The molecule has 0 aliphatic heterocycles. The van der Waals surface area contributed by atoms with E-state index in [9.17, 15) is 4.39 Å². The minimum absolute atomic E-state index is 0.118. The molecule has 0 radical (unpaired) electrons. The lowest BCUT2D eigenvalue weighted by molar-refractivity contribution is 0.609. The molecular weight excluding hydrogens is 219 g/mol. The van der Waals surface area contributed by atoms with Crippen LogP contribution in [-0.4, -0.2) is 20.2 Å². The number of benzene rings is 1. The summed E-state index contributed by atoms with van der Waals surface area (Å²) in [6.07, 6.45) is 0.